The van der Waals surface area contributed by atoms with E-state index in [0.717, 1.165) is 10.8 Å². The number of halogens is 1. The summed E-state index contributed by atoms with van der Waals surface area (Å²) in [6.45, 7) is 0.975. The summed E-state index contributed by atoms with van der Waals surface area (Å²) >= 11 is 7.24. The van der Waals surface area contributed by atoms with Gasteiger partial charge < -0.3 is 9.64 Å². The predicted molar refractivity (Wildman–Crippen MR) is 89.5 cm³/mol. The maximum absolute atomic E-state index is 12.0. The van der Waals surface area contributed by atoms with E-state index in [9.17, 15) is 4.79 Å². The first-order chi connectivity index (χ1) is 10.6. The molecule has 2 aromatic rings. The Hall–Kier alpha value is -1.72. The van der Waals surface area contributed by atoms with Gasteiger partial charge in [-0.1, -0.05) is 29.4 Å². The van der Waals surface area contributed by atoms with Crippen molar-refractivity contribution in [3.63, 3.8) is 0 Å². The highest BCUT2D eigenvalue weighted by Gasteiger charge is 2.09. The van der Waals surface area contributed by atoms with E-state index in [1.54, 1.807) is 42.4 Å². The van der Waals surface area contributed by atoms with Crippen LogP contribution in [0, 0.1) is 0 Å². The van der Waals surface area contributed by atoms with E-state index in [4.69, 9.17) is 16.3 Å². The third-order valence-corrected chi connectivity index (χ3v) is 4.10. The number of likely N-dealkylation sites (N-methyl/N-ethyl adjacent to an activating group) is 1. The van der Waals surface area contributed by atoms with Crippen molar-refractivity contribution in [2.75, 3.05) is 26.0 Å². The molecule has 0 unspecified atom stereocenters. The third kappa shape index (κ3) is 5.58. The van der Waals surface area contributed by atoms with Gasteiger partial charge in [0.1, 0.15) is 12.4 Å². The van der Waals surface area contributed by atoms with Crippen molar-refractivity contribution in [3.05, 3.63) is 53.7 Å². The van der Waals surface area contributed by atoms with Crippen molar-refractivity contribution in [3.8, 4) is 5.75 Å². The molecule has 116 valence electrons. The number of hydrogen-bond donors (Lipinski definition) is 0. The number of nitrogens with zero attached hydrogens (tertiary/aromatic N) is 2. The van der Waals surface area contributed by atoms with Crippen LogP contribution in [0.15, 0.2) is 53.7 Å². The average molecular weight is 337 g/mol. The van der Waals surface area contributed by atoms with Crippen LogP contribution in [0.2, 0.25) is 5.02 Å². The minimum Gasteiger partial charge on any atom is -0.492 e. The molecule has 6 heteroatoms. The van der Waals surface area contributed by atoms with E-state index >= 15 is 0 Å². The number of carbonyl (C=O) groups is 1. The van der Waals surface area contributed by atoms with E-state index in [1.165, 1.54) is 11.8 Å². The van der Waals surface area contributed by atoms with Gasteiger partial charge in [0.15, 0.2) is 0 Å². The molecule has 4 nitrogen and oxygen atoms in total. The molecule has 1 aromatic carbocycles. The maximum atomic E-state index is 12.0. The van der Waals surface area contributed by atoms with Crippen LogP contribution in [-0.2, 0) is 4.79 Å². The van der Waals surface area contributed by atoms with Gasteiger partial charge in [-0.05, 0) is 36.4 Å². The van der Waals surface area contributed by atoms with Gasteiger partial charge in [-0.2, -0.15) is 0 Å². The molecular formula is C16H17ClN2O2S. The summed E-state index contributed by atoms with van der Waals surface area (Å²) in [5.41, 5.74) is 0. The van der Waals surface area contributed by atoms with Gasteiger partial charge in [0.05, 0.1) is 17.3 Å². The van der Waals surface area contributed by atoms with Gasteiger partial charge in [-0.3, -0.25) is 4.79 Å². The van der Waals surface area contributed by atoms with Crippen molar-refractivity contribution in [2.24, 2.45) is 0 Å². The number of benzene rings is 1. The number of carbonyl (C=O) groups excluding carboxylic acids is 1. The first-order valence-corrected chi connectivity index (χ1v) is 8.17. The Kier molecular flexibility index (Phi) is 6.55. The van der Waals surface area contributed by atoms with Crippen molar-refractivity contribution >= 4 is 29.3 Å². The topological polar surface area (TPSA) is 42.4 Å². The van der Waals surface area contributed by atoms with Crippen molar-refractivity contribution in [1.82, 2.24) is 9.88 Å². The molecule has 0 saturated heterocycles. The normalized spacial score (nSPS) is 10.3. The van der Waals surface area contributed by atoms with Crippen molar-refractivity contribution in [2.45, 2.75) is 5.03 Å². The van der Waals surface area contributed by atoms with E-state index < -0.39 is 0 Å². The molecule has 1 aromatic heterocycles. The van der Waals surface area contributed by atoms with Crippen LogP contribution in [0.1, 0.15) is 0 Å². The Balaban J connectivity index is 1.69. The largest absolute Gasteiger partial charge is 0.492 e. The van der Waals surface area contributed by atoms with Crippen LogP contribution in [0.3, 0.4) is 0 Å². The molecule has 0 saturated carbocycles. The van der Waals surface area contributed by atoms with Crippen LogP contribution in [0.5, 0.6) is 5.75 Å². The lowest BCUT2D eigenvalue weighted by molar-refractivity contribution is -0.127. The first-order valence-electron chi connectivity index (χ1n) is 6.81. The lowest BCUT2D eigenvalue weighted by Gasteiger charge is -2.17. The summed E-state index contributed by atoms with van der Waals surface area (Å²) < 4.78 is 5.57. The number of hydrogen-bond acceptors (Lipinski definition) is 4. The molecule has 0 spiro atoms. The van der Waals surface area contributed by atoms with E-state index in [0.29, 0.717) is 23.9 Å². The monoisotopic (exact) mass is 336 g/mol. The number of aromatic nitrogens is 1. The first kappa shape index (κ1) is 16.6. The summed E-state index contributed by atoms with van der Waals surface area (Å²) in [5.74, 6) is 1.16. The quantitative estimate of drug-likeness (QED) is 0.727. The number of ether oxygens (including phenoxy) is 1. The van der Waals surface area contributed by atoms with Crippen LogP contribution in [0.25, 0.3) is 0 Å². The molecule has 0 aliphatic heterocycles. The number of rotatable bonds is 7. The Morgan fingerprint density at radius 2 is 2.05 bits per heavy atom. The van der Waals surface area contributed by atoms with Crippen molar-refractivity contribution < 1.29 is 9.53 Å². The minimum atomic E-state index is 0.0513. The predicted octanol–water partition coefficient (Wildman–Crippen LogP) is 3.36. The van der Waals surface area contributed by atoms with Crippen LogP contribution in [-0.4, -0.2) is 41.7 Å². The minimum absolute atomic E-state index is 0.0513. The fraction of sp³-hybridized carbons (Fsp3) is 0.250. The van der Waals surface area contributed by atoms with Crippen LogP contribution < -0.4 is 4.74 Å². The molecule has 0 bridgehead atoms. The van der Waals surface area contributed by atoms with Gasteiger partial charge >= 0.3 is 0 Å². The second-order valence-corrected chi connectivity index (χ2v) is 6.01. The zero-order valence-corrected chi connectivity index (χ0v) is 13.8. The van der Waals surface area contributed by atoms with E-state index in [1.807, 2.05) is 18.2 Å². The second kappa shape index (κ2) is 8.66. The van der Waals surface area contributed by atoms with E-state index in [-0.39, 0.29) is 5.91 Å². The number of amides is 1. The van der Waals surface area contributed by atoms with Gasteiger partial charge in [-0.15, -0.1) is 0 Å². The fourth-order valence-electron chi connectivity index (χ4n) is 1.63. The summed E-state index contributed by atoms with van der Waals surface area (Å²) in [4.78, 5) is 17.8. The highest BCUT2D eigenvalue weighted by molar-refractivity contribution is 7.99. The molecular weight excluding hydrogens is 320 g/mol. The molecule has 1 heterocycles. The molecule has 0 atom stereocenters. The average Bonchev–Trinajstić information content (AvgIpc) is 2.55. The smallest absolute Gasteiger partial charge is 0.232 e. The van der Waals surface area contributed by atoms with Crippen LogP contribution in [0.4, 0.5) is 0 Å². The lowest BCUT2D eigenvalue weighted by Crippen LogP contribution is -2.32. The molecule has 0 fully saturated rings. The molecule has 2 rings (SSSR count). The van der Waals surface area contributed by atoms with Gasteiger partial charge in [0, 0.05) is 18.3 Å². The fourth-order valence-corrected chi connectivity index (χ4v) is 2.56. The maximum Gasteiger partial charge on any atom is 0.232 e. The standard InChI is InChI=1S/C16H17ClN2O2S/c1-19(10-11-21-14-7-5-13(17)6-8-14)16(20)12-22-15-4-2-3-9-18-15/h2-9H,10-12H2,1H3. The summed E-state index contributed by atoms with van der Waals surface area (Å²) in [5, 5.41) is 1.52. The van der Waals surface area contributed by atoms with Crippen LogP contribution >= 0.6 is 23.4 Å². The summed E-state index contributed by atoms with van der Waals surface area (Å²) in [6, 6.07) is 12.8. The SMILES string of the molecule is CN(CCOc1ccc(Cl)cc1)C(=O)CSc1ccccn1. The summed E-state index contributed by atoms with van der Waals surface area (Å²) in [6.07, 6.45) is 1.72. The van der Waals surface area contributed by atoms with Crippen molar-refractivity contribution in [1.29, 1.82) is 0 Å². The lowest BCUT2D eigenvalue weighted by atomic mass is 10.3. The van der Waals surface area contributed by atoms with Gasteiger partial charge in [0.2, 0.25) is 5.91 Å². The zero-order chi connectivity index (χ0) is 15.8. The zero-order valence-electron chi connectivity index (χ0n) is 12.2. The number of pyridine rings is 1. The Morgan fingerprint density at radius 1 is 1.27 bits per heavy atom. The number of thioether (sulfide) groups is 1. The molecule has 0 N–H and O–H groups in total. The van der Waals surface area contributed by atoms with E-state index in [2.05, 4.69) is 4.98 Å². The molecule has 1 amide bonds. The molecule has 0 radical (unpaired) electrons. The Bertz CT molecular complexity index is 593. The highest BCUT2D eigenvalue weighted by Crippen LogP contribution is 2.16. The Morgan fingerprint density at radius 3 is 2.73 bits per heavy atom. The third-order valence-electron chi connectivity index (χ3n) is 2.92. The summed E-state index contributed by atoms with van der Waals surface area (Å²) in [7, 11) is 1.77. The molecule has 0 aliphatic carbocycles. The molecule has 22 heavy (non-hydrogen) atoms. The molecule has 0 aliphatic rings. The van der Waals surface area contributed by atoms with Gasteiger partial charge in [0.25, 0.3) is 0 Å². The highest BCUT2D eigenvalue weighted by atomic mass is 35.5. The second-order valence-electron chi connectivity index (χ2n) is 4.57. The Labute approximate surface area is 139 Å². The van der Waals surface area contributed by atoms with Gasteiger partial charge in [-0.25, -0.2) is 4.98 Å².